The lowest BCUT2D eigenvalue weighted by Gasteiger charge is -2.07. The van der Waals surface area contributed by atoms with Crippen LogP contribution in [0.1, 0.15) is 10.4 Å². The molecule has 2 N–H and O–H groups in total. The molecule has 0 saturated carbocycles. The maximum atomic E-state index is 11.9. The number of hydrogen-bond donors (Lipinski definition) is 2. The van der Waals surface area contributed by atoms with Gasteiger partial charge in [0.15, 0.2) is 0 Å². The van der Waals surface area contributed by atoms with E-state index in [9.17, 15) is 9.59 Å². The number of aliphatic imine (C=N–C) groups is 1. The van der Waals surface area contributed by atoms with Gasteiger partial charge in [0.05, 0.1) is 0 Å². The van der Waals surface area contributed by atoms with E-state index in [1.54, 1.807) is 36.4 Å². The molecule has 19 heavy (non-hydrogen) atoms. The second kappa shape index (κ2) is 5.58. The highest BCUT2D eigenvalue weighted by atomic mass is 16.4. The number of amides is 2. The van der Waals surface area contributed by atoms with E-state index in [-0.39, 0.29) is 5.96 Å². The molecule has 0 aliphatic heterocycles. The summed E-state index contributed by atoms with van der Waals surface area (Å²) >= 11 is 0. The quantitative estimate of drug-likeness (QED) is 0.593. The number of carbonyl (C=O) groups excluding carboxylic acids is 1. The van der Waals surface area contributed by atoms with Gasteiger partial charge in [-0.2, -0.15) is 5.10 Å². The van der Waals surface area contributed by atoms with E-state index in [1.807, 2.05) is 0 Å². The topological polar surface area (TPSA) is 96.6 Å². The van der Waals surface area contributed by atoms with Gasteiger partial charge >= 0.3 is 6.09 Å². The van der Waals surface area contributed by atoms with Crippen LogP contribution < -0.4 is 5.32 Å². The van der Waals surface area contributed by atoms with E-state index in [4.69, 9.17) is 5.11 Å². The molecular formula is C12H10N4O3. The average molecular weight is 258 g/mol. The van der Waals surface area contributed by atoms with Crippen LogP contribution in [0.15, 0.2) is 53.8 Å². The first kappa shape index (κ1) is 12.5. The van der Waals surface area contributed by atoms with Crippen molar-refractivity contribution in [2.24, 2.45) is 4.99 Å². The normalized spacial score (nSPS) is 11.1. The van der Waals surface area contributed by atoms with Gasteiger partial charge in [-0.1, -0.05) is 18.2 Å². The minimum absolute atomic E-state index is 0.175. The maximum Gasteiger partial charge on any atom is 0.434 e. The number of aromatic nitrogens is 2. The predicted octanol–water partition coefficient (Wildman–Crippen LogP) is 1.20. The van der Waals surface area contributed by atoms with Gasteiger partial charge in [0.25, 0.3) is 5.91 Å². The Balaban J connectivity index is 2.23. The van der Waals surface area contributed by atoms with Crippen LogP contribution in [0.5, 0.6) is 0 Å². The van der Waals surface area contributed by atoms with Crippen LogP contribution >= 0.6 is 0 Å². The van der Waals surface area contributed by atoms with Crippen LogP contribution in [0.3, 0.4) is 0 Å². The summed E-state index contributed by atoms with van der Waals surface area (Å²) in [6.45, 7) is 0. The molecule has 0 bridgehead atoms. The Bertz CT molecular complexity index is 605. The zero-order chi connectivity index (χ0) is 13.7. The standard InChI is InChI=1S/C12H10N4O3/c17-10(9-5-2-1-3-6-9)14-11(15-12(18)19)16-8-4-7-13-16/h1-8H,(H,18,19)(H,14,15,17). The minimum atomic E-state index is -1.42. The Kier molecular flexibility index (Phi) is 3.67. The summed E-state index contributed by atoms with van der Waals surface area (Å²) in [5.74, 6) is -0.637. The third kappa shape index (κ3) is 3.25. The van der Waals surface area contributed by atoms with Gasteiger partial charge in [0.1, 0.15) is 0 Å². The molecule has 7 heteroatoms. The first-order valence-electron chi connectivity index (χ1n) is 5.35. The number of carbonyl (C=O) groups is 2. The Labute approximate surface area is 108 Å². The van der Waals surface area contributed by atoms with E-state index >= 15 is 0 Å². The second-order valence-corrected chi connectivity index (χ2v) is 3.49. The first-order valence-corrected chi connectivity index (χ1v) is 5.35. The molecule has 0 saturated heterocycles. The summed E-state index contributed by atoms with van der Waals surface area (Å²) in [6, 6.07) is 9.99. The third-order valence-corrected chi connectivity index (χ3v) is 2.18. The van der Waals surface area contributed by atoms with Crippen molar-refractivity contribution in [1.82, 2.24) is 15.1 Å². The summed E-state index contributed by atoms with van der Waals surface area (Å²) in [6.07, 6.45) is 1.51. The van der Waals surface area contributed by atoms with Crippen LogP contribution in [0, 0.1) is 0 Å². The summed E-state index contributed by atoms with van der Waals surface area (Å²) in [5.41, 5.74) is 0.396. The van der Waals surface area contributed by atoms with Gasteiger partial charge in [0, 0.05) is 18.0 Å². The number of benzene rings is 1. The molecule has 0 atom stereocenters. The summed E-state index contributed by atoms with van der Waals surface area (Å²) in [5, 5.41) is 14.9. The number of rotatable bonds is 1. The summed E-state index contributed by atoms with van der Waals surface area (Å²) in [4.78, 5) is 25.8. The molecule has 7 nitrogen and oxygen atoms in total. The molecule has 0 aliphatic carbocycles. The monoisotopic (exact) mass is 258 g/mol. The van der Waals surface area contributed by atoms with E-state index in [0.29, 0.717) is 5.56 Å². The number of nitrogens with zero attached hydrogens (tertiary/aromatic N) is 3. The van der Waals surface area contributed by atoms with Crippen LogP contribution in [-0.4, -0.2) is 32.8 Å². The molecule has 0 fully saturated rings. The van der Waals surface area contributed by atoms with Crippen LogP contribution in [0.2, 0.25) is 0 Å². The highest BCUT2D eigenvalue weighted by molar-refractivity contribution is 6.07. The predicted molar refractivity (Wildman–Crippen MR) is 67.0 cm³/mol. The molecular weight excluding hydrogens is 248 g/mol. The minimum Gasteiger partial charge on any atom is -0.463 e. The van der Waals surface area contributed by atoms with Crippen molar-refractivity contribution in [1.29, 1.82) is 0 Å². The van der Waals surface area contributed by atoms with Crippen LogP contribution in [0.25, 0.3) is 0 Å². The molecule has 1 aromatic carbocycles. The van der Waals surface area contributed by atoms with E-state index in [0.717, 1.165) is 4.68 Å². The van der Waals surface area contributed by atoms with Crippen molar-refractivity contribution in [3.05, 3.63) is 54.4 Å². The van der Waals surface area contributed by atoms with Crippen molar-refractivity contribution >= 4 is 18.0 Å². The number of hydrogen-bond acceptors (Lipinski definition) is 3. The van der Waals surface area contributed by atoms with Gasteiger partial charge in [-0.05, 0) is 18.2 Å². The third-order valence-electron chi connectivity index (χ3n) is 2.18. The van der Waals surface area contributed by atoms with Crippen molar-refractivity contribution in [2.75, 3.05) is 0 Å². The summed E-state index contributed by atoms with van der Waals surface area (Å²) in [7, 11) is 0. The van der Waals surface area contributed by atoms with Crippen LogP contribution in [0.4, 0.5) is 4.79 Å². The Hall–Kier alpha value is -2.96. The SMILES string of the molecule is O=C(O)N=C(NC(=O)c1ccccc1)n1cccn1. The highest BCUT2D eigenvalue weighted by Crippen LogP contribution is 1.98. The Morgan fingerprint density at radius 2 is 1.95 bits per heavy atom. The molecule has 1 aromatic heterocycles. The lowest BCUT2D eigenvalue weighted by atomic mass is 10.2. The van der Waals surface area contributed by atoms with Gasteiger partial charge in [0.2, 0.25) is 5.96 Å². The fraction of sp³-hybridized carbons (Fsp3) is 0. The molecule has 0 aliphatic rings. The molecule has 0 radical (unpaired) electrons. The zero-order valence-corrected chi connectivity index (χ0v) is 9.72. The van der Waals surface area contributed by atoms with Crippen LogP contribution in [-0.2, 0) is 0 Å². The molecule has 2 rings (SSSR count). The molecule has 2 aromatic rings. The van der Waals surface area contributed by atoms with Gasteiger partial charge < -0.3 is 5.11 Å². The van der Waals surface area contributed by atoms with Gasteiger partial charge in [-0.25, -0.2) is 9.48 Å². The number of carboxylic acid groups (broad SMARTS) is 1. The zero-order valence-electron chi connectivity index (χ0n) is 9.72. The molecule has 1 heterocycles. The van der Waals surface area contributed by atoms with E-state index in [2.05, 4.69) is 15.4 Å². The maximum absolute atomic E-state index is 11.9. The fourth-order valence-corrected chi connectivity index (χ4v) is 1.38. The van der Waals surface area contributed by atoms with E-state index in [1.165, 1.54) is 12.4 Å². The number of nitrogens with one attached hydrogen (secondary N) is 1. The van der Waals surface area contributed by atoms with E-state index < -0.39 is 12.0 Å². The van der Waals surface area contributed by atoms with Crippen molar-refractivity contribution < 1.29 is 14.7 Å². The highest BCUT2D eigenvalue weighted by Gasteiger charge is 2.11. The van der Waals surface area contributed by atoms with Crippen molar-refractivity contribution in [3.63, 3.8) is 0 Å². The van der Waals surface area contributed by atoms with Gasteiger partial charge in [-0.3, -0.25) is 10.1 Å². The average Bonchev–Trinajstić information content (AvgIpc) is 2.92. The van der Waals surface area contributed by atoms with Crippen molar-refractivity contribution in [2.45, 2.75) is 0 Å². The summed E-state index contributed by atoms with van der Waals surface area (Å²) < 4.78 is 1.16. The fourth-order valence-electron chi connectivity index (χ4n) is 1.38. The largest absolute Gasteiger partial charge is 0.463 e. The smallest absolute Gasteiger partial charge is 0.434 e. The molecule has 96 valence electrons. The Morgan fingerprint density at radius 3 is 2.53 bits per heavy atom. The van der Waals surface area contributed by atoms with Crippen molar-refractivity contribution in [3.8, 4) is 0 Å². The lowest BCUT2D eigenvalue weighted by Crippen LogP contribution is -2.36. The molecule has 0 spiro atoms. The first-order chi connectivity index (χ1) is 9.16. The second-order valence-electron chi connectivity index (χ2n) is 3.49. The Morgan fingerprint density at radius 1 is 1.21 bits per heavy atom. The molecule has 0 unspecified atom stereocenters. The lowest BCUT2D eigenvalue weighted by molar-refractivity contribution is 0.0975. The van der Waals surface area contributed by atoms with Gasteiger partial charge in [-0.15, -0.1) is 4.99 Å². The molecule has 2 amide bonds.